The summed E-state index contributed by atoms with van der Waals surface area (Å²) < 4.78 is 7.80. The van der Waals surface area contributed by atoms with Crippen molar-refractivity contribution in [3.05, 3.63) is 66.0 Å². The summed E-state index contributed by atoms with van der Waals surface area (Å²) in [7, 11) is 2.06. The molecular weight excluding hydrogens is 362 g/mol. The van der Waals surface area contributed by atoms with Gasteiger partial charge in [-0.2, -0.15) is 0 Å². The highest BCUT2D eigenvalue weighted by Crippen LogP contribution is 2.42. The Balaban J connectivity index is 1.54. The van der Waals surface area contributed by atoms with Gasteiger partial charge in [-0.3, -0.25) is 4.79 Å². The van der Waals surface area contributed by atoms with Crippen molar-refractivity contribution < 1.29 is 9.53 Å². The Morgan fingerprint density at radius 3 is 2.55 bits per heavy atom. The molecule has 2 fully saturated rings. The lowest BCUT2D eigenvalue weighted by atomic mass is 9.73. The fourth-order valence-electron chi connectivity index (χ4n) is 5.12. The van der Waals surface area contributed by atoms with Crippen LogP contribution in [0, 0.1) is 0 Å². The van der Waals surface area contributed by atoms with Crippen molar-refractivity contribution in [1.82, 2.24) is 14.5 Å². The van der Waals surface area contributed by atoms with Gasteiger partial charge in [0.25, 0.3) is 0 Å². The van der Waals surface area contributed by atoms with Crippen molar-refractivity contribution in [2.45, 2.75) is 37.1 Å². The van der Waals surface area contributed by atoms with E-state index >= 15 is 0 Å². The van der Waals surface area contributed by atoms with Gasteiger partial charge in [-0.15, -0.1) is 0 Å². The minimum atomic E-state index is -0.493. The number of nitrogens with zero attached hydrogens (tertiary/aromatic N) is 3. The third-order valence-corrected chi connectivity index (χ3v) is 6.72. The molecule has 0 N–H and O–H groups in total. The molecule has 0 spiro atoms. The number of carbonyl (C=O) groups excluding carboxylic acids is 1. The summed E-state index contributed by atoms with van der Waals surface area (Å²) in [5.41, 5.74) is 2.73. The number of rotatable bonds is 3. The summed E-state index contributed by atoms with van der Waals surface area (Å²) in [6.45, 7) is 2.05. The van der Waals surface area contributed by atoms with E-state index < -0.39 is 5.41 Å². The van der Waals surface area contributed by atoms with Crippen LogP contribution in [0.5, 0.6) is 0 Å². The zero-order valence-corrected chi connectivity index (χ0v) is 16.9. The molecule has 1 aromatic heterocycles. The number of likely N-dealkylation sites (tertiary alicyclic amines) is 1. The third kappa shape index (κ3) is 2.96. The van der Waals surface area contributed by atoms with E-state index in [0.29, 0.717) is 13.2 Å². The number of hydrogen-bond donors (Lipinski definition) is 0. The zero-order valence-electron chi connectivity index (χ0n) is 16.9. The molecule has 5 heteroatoms. The lowest BCUT2D eigenvalue weighted by molar-refractivity contribution is -0.142. The Hall–Kier alpha value is -2.66. The molecule has 1 unspecified atom stereocenters. The van der Waals surface area contributed by atoms with Crippen LogP contribution < -0.4 is 0 Å². The predicted octanol–water partition coefficient (Wildman–Crippen LogP) is 3.99. The molecule has 29 heavy (non-hydrogen) atoms. The van der Waals surface area contributed by atoms with Gasteiger partial charge in [-0.25, -0.2) is 4.98 Å². The van der Waals surface area contributed by atoms with E-state index in [-0.39, 0.29) is 11.9 Å². The topological polar surface area (TPSA) is 47.4 Å². The molecule has 1 amide bonds. The van der Waals surface area contributed by atoms with Gasteiger partial charge in [0.1, 0.15) is 5.82 Å². The number of imidazole rings is 1. The maximum Gasteiger partial charge on any atom is 0.234 e. The molecule has 3 aromatic rings. The van der Waals surface area contributed by atoms with Gasteiger partial charge < -0.3 is 14.2 Å². The van der Waals surface area contributed by atoms with Gasteiger partial charge in [0, 0.05) is 26.8 Å². The van der Waals surface area contributed by atoms with Crippen LogP contribution in [0.1, 0.15) is 43.1 Å². The quantitative estimate of drug-likeness (QED) is 0.681. The van der Waals surface area contributed by atoms with E-state index in [1.54, 1.807) is 0 Å². The lowest BCUT2D eigenvalue weighted by Gasteiger charge is -2.40. The molecule has 0 bridgehead atoms. The lowest BCUT2D eigenvalue weighted by Crippen LogP contribution is -2.49. The molecule has 0 radical (unpaired) electrons. The second kappa shape index (κ2) is 7.30. The Kier molecular flexibility index (Phi) is 4.63. The molecule has 5 rings (SSSR count). The van der Waals surface area contributed by atoms with Crippen LogP contribution in [0.2, 0.25) is 0 Å². The molecule has 0 aliphatic carbocycles. The van der Waals surface area contributed by atoms with E-state index in [0.717, 1.165) is 54.6 Å². The number of carbonyl (C=O) groups is 1. The van der Waals surface area contributed by atoms with Gasteiger partial charge >= 0.3 is 0 Å². The Bertz CT molecular complexity index is 1020. The largest absolute Gasteiger partial charge is 0.381 e. The summed E-state index contributed by atoms with van der Waals surface area (Å²) in [5, 5.41) is 0. The Morgan fingerprint density at radius 1 is 1.07 bits per heavy atom. The third-order valence-electron chi connectivity index (χ3n) is 6.72. The molecule has 150 valence electrons. The van der Waals surface area contributed by atoms with Crippen molar-refractivity contribution in [3.8, 4) is 0 Å². The fourth-order valence-corrected chi connectivity index (χ4v) is 5.12. The minimum absolute atomic E-state index is 0.0309. The highest BCUT2D eigenvalue weighted by molar-refractivity contribution is 5.89. The maximum atomic E-state index is 14.1. The van der Waals surface area contributed by atoms with Crippen molar-refractivity contribution in [1.29, 1.82) is 0 Å². The van der Waals surface area contributed by atoms with Gasteiger partial charge in [0.05, 0.1) is 22.5 Å². The number of fused-ring (bicyclic) bond motifs is 1. The van der Waals surface area contributed by atoms with Crippen molar-refractivity contribution in [3.63, 3.8) is 0 Å². The first-order valence-electron chi connectivity index (χ1n) is 10.6. The Morgan fingerprint density at radius 2 is 1.79 bits per heavy atom. The summed E-state index contributed by atoms with van der Waals surface area (Å²) in [5.74, 6) is 1.23. The second-order valence-electron chi connectivity index (χ2n) is 8.23. The monoisotopic (exact) mass is 389 g/mol. The van der Waals surface area contributed by atoms with E-state index in [1.807, 2.05) is 36.4 Å². The number of ether oxygens (including phenoxy) is 1. The zero-order chi connectivity index (χ0) is 19.8. The van der Waals surface area contributed by atoms with Crippen molar-refractivity contribution >= 4 is 16.9 Å². The number of para-hydroxylation sites is 2. The summed E-state index contributed by atoms with van der Waals surface area (Å²) >= 11 is 0. The molecule has 5 nitrogen and oxygen atoms in total. The molecular formula is C24H27N3O2. The normalized spacial score (nSPS) is 21.6. The van der Waals surface area contributed by atoms with E-state index in [2.05, 4.69) is 34.7 Å². The molecule has 2 aliphatic heterocycles. The molecule has 3 heterocycles. The fraction of sp³-hybridized carbons (Fsp3) is 0.417. The second-order valence-corrected chi connectivity index (χ2v) is 8.23. The molecule has 0 saturated carbocycles. The Labute approximate surface area is 171 Å². The van der Waals surface area contributed by atoms with E-state index in [1.165, 1.54) is 0 Å². The molecule has 1 atom stereocenters. The highest BCUT2D eigenvalue weighted by atomic mass is 16.5. The van der Waals surface area contributed by atoms with Crippen LogP contribution in [-0.2, 0) is 22.0 Å². The standard InChI is InChI=1S/C24H27N3O2/c1-26-20-11-6-5-10-19(20)25-22(26)21-12-7-15-27(21)23(28)24(13-16-29-17-14-24)18-8-3-2-4-9-18/h2-6,8-11,21H,7,12-17H2,1H3. The van der Waals surface area contributed by atoms with Gasteiger partial charge in [0.15, 0.2) is 0 Å². The summed E-state index contributed by atoms with van der Waals surface area (Å²) in [6, 6.07) is 18.5. The molecule has 2 saturated heterocycles. The average Bonchev–Trinajstić information content (AvgIpc) is 3.39. The number of benzene rings is 2. The maximum absolute atomic E-state index is 14.1. The average molecular weight is 389 g/mol. The van der Waals surface area contributed by atoms with Crippen LogP contribution in [-0.4, -0.2) is 40.1 Å². The SMILES string of the molecule is Cn1c(C2CCCN2C(=O)C2(c3ccccc3)CCOCC2)nc2ccccc21. The van der Waals surface area contributed by atoms with Crippen molar-refractivity contribution in [2.24, 2.45) is 7.05 Å². The van der Waals surface area contributed by atoms with Crippen LogP contribution in [0.4, 0.5) is 0 Å². The number of hydrogen-bond acceptors (Lipinski definition) is 3. The van der Waals surface area contributed by atoms with Crippen LogP contribution >= 0.6 is 0 Å². The molecule has 2 aliphatic rings. The van der Waals surface area contributed by atoms with Crippen LogP contribution in [0.3, 0.4) is 0 Å². The predicted molar refractivity (Wildman–Crippen MR) is 113 cm³/mol. The first kappa shape index (κ1) is 18.4. The van der Waals surface area contributed by atoms with Gasteiger partial charge in [-0.05, 0) is 43.4 Å². The number of aryl methyl sites for hydroxylation is 1. The summed E-state index contributed by atoms with van der Waals surface area (Å²) in [6.07, 6.45) is 3.45. The van der Waals surface area contributed by atoms with Crippen LogP contribution in [0.15, 0.2) is 54.6 Å². The highest BCUT2D eigenvalue weighted by Gasteiger charge is 2.47. The van der Waals surface area contributed by atoms with Crippen LogP contribution in [0.25, 0.3) is 11.0 Å². The number of aromatic nitrogens is 2. The number of amides is 1. The van der Waals surface area contributed by atoms with Crippen molar-refractivity contribution in [2.75, 3.05) is 19.8 Å². The molecule has 2 aromatic carbocycles. The van der Waals surface area contributed by atoms with Gasteiger partial charge in [-0.1, -0.05) is 42.5 Å². The van der Waals surface area contributed by atoms with Gasteiger partial charge in [0.2, 0.25) is 5.91 Å². The first-order valence-corrected chi connectivity index (χ1v) is 10.6. The smallest absolute Gasteiger partial charge is 0.234 e. The summed E-state index contributed by atoms with van der Waals surface area (Å²) in [4.78, 5) is 21.1. The van der Waals surface area contributed by atoms with E-state index in [9.17, 15) is 4.79 Å². The minimum Gasteiger partial charge on any atom is -0.381 e. The van der Waals surface area contributed by atoms with E-state index in [4.69, 9.17) is 9.72 Å². The first-order chi connectivity index (χ1) is 14.2.